The van der Waals surface area contributed by atoms with Crippen molar-refractivity contribution >= 4 is 17.2 Å². The van der Waals surface area contributed by atoms with E-state index in [4.69, 9.17) is 4.74 Å². The molecule has 4 rings (SSSR count). The maximum atomic E-state index is 13.7. The molecule has 0 radical (unpaired) electrons. The summed E-state index contributed by atoms with van der Waals surface area (Å²) >= 11 is 1.57. The molecule has 0 saturated carbocycles. The minimum Gasteiger partial charge on any atom is -0.487 e. The van der Waals surface area contributed by atoms with Gasteiger partial charge in [-0.2, -0.15) is 11.3 Å². The molecule has 1 aromatic carbocycles. The van der Waals surface area contributed by atoms with Crippen LogP contribution in [-0.2, 0) is 0 Å². The number of likely N-dealkylation sites (tertiary alicyclic amines) is 2. The molecule has 6 heteroatoms. The first-order valence-corrected chi connectivity index (χ1v) is 10.6. The average molecular weight is 389 g/mol. The normalized spacial score (nSPS) is 20.0. The van der Waals surface area contributed by atoms with E-state index < -0.39 is 0 Å². The zero-order valence-corrected chi connectivity index (χ0v) is 16.2. The van der Waals surface area contributed by atoms with Crippen LogP contribution in [0.15, 0.2) is 41.1 Å². The topological polar surface area (TPSA) is 32.8 Å². The van der Waals surface area contributed by atoms with Gasteiger partial charge in [0.15, 0.2) is 11.6 Å². The highest BCUT2D eigenvalue weighted by Gasteiger charge is 2.30. The van der Waals surface area contributed by atoms with Crippen LogP contribution in [0.1, 0.15) is 36.0 Å². The van der Waals surface area contributed by atoms with Crippen LogP contribution < -0.4 is 4.74 Å². The highest BCUT2D eigenvalue weighted by atomic mass is 32.1. The highest BCUT2D eigenvalue weighted by molar-refractivity contribution is 7.08. The van der Waals surface area contributed by atoms with Crippen LogP contribution in [0.25, 0.3) is 0 Å². The number of benzene rings is 1. The molecule has 4 nitrogen and oxygen atoms in total. The van der Waals surface area contributed by atoms with E-state index in [0.29, 0.717) is 11.8 Å². The first-order chi connectivity index (χ1) is 13.2. The lowest BCUT2D eigenvalue weighted by atomic mass is 9.98. The van der Waals surface area contributed by atoms with E-state index >= 15 is 0 Å². The zero-order chi connectivity index (χ0) is 18.6. The fourth-order valence-corrected chi connectivity index (χ4v) is 4.71. The van der Waals surface area contributed by atoms with Crippen molar-refractivity contribution in [2.24, 2.45) is 0 Å². The summed E-state index contributed by atoms with van der Waals surface area (Å²) in [5, 5.41) is 3.88. The molecule has 0 bridgehead atoms. The van der Waals surface area contributed by atoms with Crippen LogP contribution in [0, 0.1) is 5.82 Å². The number of hydrogen-bond donors (Lipinski definition) is 0. The second kappa shape index (κ2) is 8.40. The molecule has 0 aliphatic carbocycles. The van der Waals surface area contributed by atoms with Gasteiger partial charge in [0.2, 0.25) is 0 Å². The maximum Gasteiger partial charge on any atom is 0.254 e. The predicted molar refractivity (Wildman–Crippen MR) is 105 cm³/mol. The lowest BCUT2D eigenvalue weighted by Gasteiger charge is -2.41. The summed E-state index contributed by atoms with van der Waals surface area (Å²) in [6.07, 6.45) is 3.96. The number of hydrogen-bond acceptors (Lipinski definition) is 4. The van der Waals surface area contributed by atoms with Crippen molar-refractivity contribution in [3.8, 4) is 5.75 Å². The van der Waals surface area contributed by atoms with Gasteiger partial charge >= 0.3 is 0 Å². The molecule has 2 aliphatic heterocycles. The summed E-state index contributed by atoms with van der Waals surface area (Å²) in [4.78, 5) is 17.0. The summed E-state index contributed by atoms with van der Waals surface area (Å²) in [5.41, 5.74) is 0.810. The Kier molecular flexibility index (Phi) is 5.74. The fourth-order valence-electron chi connectivity index (χ4n) is 4.08. The minimum absolute atomic E-state index is 0.0819. The Balaban J connectivity index is 1.24. The maximum absolute atomic E-state index is 13.7. The Bertz CT molecular complexity index is 751. The molecule has 2 aromatic rings. The van der Waals surface area contributed by atoms with Gasteiger partial charge in [0.05, 0.1) is 5.56 Å². The van der Waals surface area contributed by atoms with Crippen molar-refractivity contribution in [1.82, 2.24) is 9.80 Å². The number of piperidine rings is 2. The highest BCUT2D eigenvalue weighted by Crippen LogP contribution is 2.25. The molecule has 2 fully saturated rings. The van der Waals surface area contributed by atoms with E-state index in [1.54, 1.807) is 29.5 Å². The number of thiophene rings is 1. The SMILES string of the molecule is O=C(c1ccsc1)N1CCC(N2CCC(Oc3ccccc3F)CC2)CC1. The van der Waals surface area contributed by atoms with Gasteiger partial charge in [-0.05, 0) is 49.3 Å². The van der Waals surface area contributed by atoms with Gasteiger partial charge in [0.1, 0.15) is 6.10 Å². The third-order valence-corrected chi connectivity index (χ3v) is 6.33. The van der Waals surface area contributed by atoms with Crippen LogP contribution in [-0.4, -0.2) is 54.0 Å². The molecule has 3 heterocycles. The number of carbonyl (C=O) groups is 1. The minimum atomic E-state index is -0.289. The Morgan fingerprint density at radius 3 is 2.44 bits per heavy atom. The number of ether oxygens (including phenoxy) is 1. The van der Waals surface area contributed by atoms with Crippen LogP contribution in [0.4, 0.5) is 4.39 Å². The summed E-state index contributed by atoms with van der Waals surface area (Å²) in [5.74, 6) is 0.227. The van der Waals surface area contributed by atoms with Gasteiger partial charge in [-0.15, -0.1) is 0 Å². The van der Waals surface area contributed by atoms with Crippen molar-refractivity contribution in [3.05, 3.63) is 52.5 Å². The molecule has 2 aliphatic rings. The second-order valence-corrected chi connectivity index (χ2v) is 8.10. The third kappa shape index (κ3) is 4.33. The lowest BCUT2D eigenvalue weighted by Crippen LogP contribution is -2.50. The number of halogens is 1. The van der Waals surface area contributed by atoms with Gasteiger partial charge in [0.25, 0.3) is 5.91 Å². The quantitative estimate of drug-likeness (QED) is 0.793. The number of amides is 1. The Labute approximate surface area is 163 Å². The van der Waals surface area contributed by atoms with E-state index in [0.717, 1.165) is 57.4 Å². The van der Waals surface area contributed by atoms with E-state index in [1.807, 2.05) is 21.7 Å². The molecule has 1 aromatic heterocycles. The fraction of sp³-hybridized carbons (Fsp3) is 0.476. The van der Waals surface area contributed by atoms with Crippen LogP contribution in [0.3, 0.4) is 0 Å². The standard InChI is InChI=1S/C21H25FN2O2S/c22-19-3-1-2-4-20(19)26-18-7-12-23(13-8-18)17-5-10-24(11-6-17)21(25)16-9-14-27-15-16/h1-4,9,14-15,17-18H,5-8,10-13H2. The van der Waals surface area contributed by atoms with E-state index in [2.05, 4.69) is 4.90 Å². The van der Waals surface area contributed by atoms with E-state index in [1.165, 1.54) is 6.07 Å². The smallest absolute Gasteiger partial charge is 0.254 e. The monoisotopic (exact) mass is 388 g/mol. The van der Waals surface area contributed by atoms with Crippen molar-refractivity contribution < 1.29 is 13.9 Å². The molecule has 2 saturated heterocycles. The van der Waals surface area contributed by atoms with Gasteiger partial charge in [-0.3, -0.25) is 9.69 Å². The first-order valence-electron chi connectivity index (χ1n) is 9.67. The summed E-state index contributed by atoms with van der Waals surface area (Å²) in [6, 6.07) is 9.06. The van der Waals surface area contributed by atoms with Crippen LogP contribution in [0.5, 0.6) is 5.75 Å². The van der Waals surface area contributed by atoms with Crippen molar-refractivity contribution in [2.75, 3.05) is 26.2 Å². The second-order valence-electron chi connectivity index (χ2n) is 7.32. The van der Waals surface area contributed by atoms with E-state index in [-0.39, 0.29) is 17.8 Å². The number of nitrogens with zero attached hydrogens (tertiary/aromatic N) is 2. The largest absolute Gasteiger partial charge is 0.487 e. The number of para-hydroxylation sites is 1. The summed E-state index contributed by atoms with van der Waals surface area (Å²) in [7, 11) is 0. The molecule has 1 amide bonds. The molecule has 27 heavy (non-hydrogen) atoms. The van der Waals surface area contributed by atoms with E-state index in [9.17, 15) is 9.18 Å². The number of rotatable bonds is 4. The number of carbonyl (C=O) groups excluding carboxylic acids is 1. The molecule has 0 unspecified atom stereocenters. The zero-order valence-electron chi connectivity index (χ0n) is 15.4. The van der Waals surface area contributed by atoms with Crippen LogP contribution in [0.2, 0.25) is 0 Å². The lowest BCUT2D eigenvalue weighted by molar-refractivity contribution is 0.0416. The van der Waals surface area contributed by atoms with Gasteiger partial charge in [-0.1, -0.05) is 12.1 Å². The molecular formula is C21H25FN2O2S. The Hall–Kier alpha value is -1.92. The molecule has 0 atom stereocenters. The van der Waals surface area contributed by atoms with Crippen molar-refractivity contribution in [1.29, 1.82) is 0 Å². The molecular weight excluding hydrogens is 363 g/mol. The Morgan fingerprint density at radius 1 is 1.04 bits per heavy atom. The van der Waals surface area contributed by atoms with Crippen molar-refractivity contribution in [3.63, 3.8) is 0 Å². The molecule has 144 valence electrons. The molecule has 0 spiro atoms. The average Bonchev–Trinajstić information content (AvgIpc) is 3.25. The molecule has 0 N–H and O–H groups in total. The van der Waals surface area contributed by atoms with Crippen LogP contribution >= 0.6 is 11.3 Å². The Morgan fingerprint density at radius 2 is 1.78 bits per heavy atom. The first kappa shape index (κ1) is 18.4. The summed E-state index contributed by atoms with van der Waals surface area (Å²) in [6.45, 7) is 3.60. The predicted octanol–water partition coefficient (Wildman–Crippen LogP) is 4.04. The summed E-state index contributed by atoms with van der Waals surface area (Å²) < 4.78 is 19.6. The van der Waals surface area contributed by atoms with Gasteiger partial charge in [-0.25, -0.2) is 4.39 Å². The third-order valence-electron chi connectivity index (χ3n) is 5.64. The van der Waals surface area contributed by atoms with Gasteiger partial charge < -0.3 is 9.64 Å². The van der Waals surface area contributed by atoms with Gasteiger partial charge in [0, 0.05) is 37.6 Å². The van der Waals surface area contributed by atoms with Crippen molar-refractivity contribution in [2.45, 2.75) is 37.8 Å².